The summed E-state index contributed by atoms with van der Waals surface area (Å²) in [5.74, 6) is 0.742. The van der Waals surface area contributed by atoms with Gasteiger partial charge in [-0.2, -0.15) is 0 Å². The number of rotatable bonds is 2. The Labute approximate surface area is 100.0 Å². The van der Waals surface area contributed by atoms with Crippen molar-refractivity contribution in [1.29, 1.82) is 0 Å². The van der Waals surface area contributed by atoms with Crippen LogP contribution in [0.25, 0.3) is 11.1 Å². The van der Waals surface area contributed by atoms with Gasteiger partial charge in [-0.25, -0.2) is 9.97 Å². The number of pyridine rings is 1. The van der Waals surface area contributed by atoms with Gasteiger partial charge < -0.3 is 4.57 Å². The molecule has 0 atom stereocenters. The molecule has 0 radical (unpaired) electrons. The highest BCUT2D eigenvalue weighted by Crippen LogP contribution is 2.16. The summed E-state index contributed by atoms with van der Waals surface area (Å²) in [6.07, 6.45) is 5.39. The molecule has 0 N–H and O–H groups in total. The minimum absolute atomic E-state index is 0.0109. The Bertz CT molecular complexity index is 570. The number of aryl methyl sites for hydroxylation is 1. The smallest absolute Gasteiger partial charge is 0.250 e. The van der Waals surface area contributed by atoms with E-state index in [9.17, 15) is 4.79 Å². The Hall–Kier alpha value is -1.97. The highest BCUT2D eigenvalue weighted by atomic mass is 16.1. The molecule has 0 spiro atoms. The zero-order valence-electron chi connectivity index (χ0n) is 10.2. The fourth-order valence-electron chi connectivity index (χ4n) is 1.62. The molecule has 2 rings (SSSR count). The summed E-state index contributed by atoms with van der Waals surface area (Å²) in [5.41, 5.74) is 1.89. The van der Waals surface area contributed by atoms with Crippen molar-refractivity contribution in [3.8, 4) is 11.1 Å². The predicted octanol–water partition coefficient (Wildman–Crippen LogP) is 2.19. The Morgan fingerprint density at radius 2 is 1.76 bits per heavy atom. The van der Waals surface area contributed by atoms with Gasteiger partial charge in [-0.1, -0.05) is 0 Å². The van der Waals surface area contributed by atoms with Crippen LogP contribution in [0.2, 0.25) is 0 Å². The molecule has 0 aromatic carbocycles. The zero-order valence-corrected chi connectivity index (χ0v) is 10.2. The predicted molar refractivity (Wildman–Crippen MR) is 66.9 cm³/mol. The quantitative estimate of drug-likeness (QED) is 0.793. The van der Waals surface area contributed by atoms with E-state index < -0.39 is 0 Å². The molecule has 2 heterocycles. The molecule has 17 heavy (non-hydrogen) atoms. The van der Waals surface area contributed by atoms with E-state index in [1.54, 1.807) is 29.1 Å². The molecule has 4 heteroatoms. The molecular formula is C13H15N3O. The van der Waals surface area contributed by atoms with Crippen LogP contribution in [-0.4, -0.2) is 14.5 Å². The summed E-state index contributed by atoms with van der Waals surface area (Å²) in [6, 6.07) is 3.53. The lowest BCUT2D eigenvalue weighted by Gasteiger charge is -2.11. The second-order valence-corrected chi connectivity index (χ2v) is 4.28. The van der Waals surface area contributed by atoms with Crippen molar-refractivity contribution in [2.24, 2.45) is 0 Å². The first-order valence-electron chi connectivity index (χ1n) is 5.59. The average Bonchev–Trinajstić information content (AvgIpc) is 2.30. The van der Waals surface area contributed by atoms with Gasteiger partial charge in [0.05, 0.1) is 0 Å². The van der Waals surface area contributed by atoms with Crippen LogP contribution in [0.15, 0.2) is 35.5 Å². The monoisotopic (exact) mass is 229 g/mol. The van der Waals surface area contributed by atoms with E-state index in [0.29, 0.717) is 0 Å². The highest BCUT2D eigenvalue weighted by molar-refractivity contribution is 5.60. The van der Waals surface area contributed by atoms with Gasteiger partial charge >= 0.3 is 0 Å². The number of hydrogen-bond acceptors (Lipinski definition) is 3. The van der Waals surface area contributed by atoms with E-state index in [-0.39, 0.29) is 11.6 Å². The molecule has 0 aliphatic heterocycles. The van der Waals surface area contributed by atoms with Gasteiger partial charge in [-0.3, -0.25) is 4.79 Å². The van der Waals surface area contributed by atoms with Gasteiger partial charge in [0.1, 0.15) is 5.82 Å². The van der Waals surface area contributed by atoms with Gasteiger partial charge in [0, 0.05) is 41.8 Å². The van der Waals surface area contributed by atoms with E-state index in [0.717, 1.165) is 17.0 Å². The Morgan fingerprint density at radius 1 is 1.12 bits per heavy atom. The van der Waals surface area contributed by atoms with E-state index in [4.69, 9.17) is 0 Å². The standard InChI is InChI=1S/C13H15N3O/c1-9(2)16-8-11(4-5-13(16)17)12-6-14-10(3)15-7-12/h4-9H,1-3H3. The fourth-order valence-corrected chi connectivity index (χ4v) is 1.62. The Balaban J connectivity index is 2.50. The van der Waals surface area contributed by atoms with Gasteiger partial charge in [0.2, 0.25) is 0 Å². The minimum Gasteiger partial charge on any atom is -0.312 e. The molecule has 2 aromatic heterocycles. The molecule has 0 aliphatic rings. The van der Waals surface area contributed by atoms with E-state index in [1.165, 1.54) is 0 Å². The summed E-state index contributed by atoms with van der Waals surface area (Å²) < 4.78 is 1.70. The van der Waals surface area contributed by atoms with Crippen LogP contribution in [-0.2, 0) is 0 Å². The molecule has 88 valence electrons. The van der Waals surface area contributed by atoms with Gasteiger partial charge in [-0.15, -0.1) is 0 Å². The normalized spacial score (nSPS) is 10.8. The molecule has 2 aromatic rings. The zero-order chi connectivity index (χ0) is 12.4. The lowest BCUT2D eigenvalue weighted by atomic mass is 10.1. The molecular weight excluding hydrogens is 214 g/mol. The number of aromatic nitrogens is 3. The van der Waals surface area contributed by atoms with E-state index in [2.05, 4.69) is 9.97 Å². The van der Waals surface area contributed by atoms with E-state index in [1.807, 2.05) is 27.0 Å². The summed E-state index contributed by atoms with van der Waals surface area (Å²) in [7, 11) is 0. The minimum atomic E-state index is 0.0109. The molecule has 0 fully saturated rings. The third kappa shape index (κ3) is 2.41. The first kappa shape index (κ1) is 11.5. The summed E-state index contributed by atoms with van der Waals surface area (Å²) >= 11 is 0. The van der Waals surface area contributed by atoms with Crippen LogP contribution >= 0.6 is 0 Å². The van der Waals surface area contributed by atoms with Crippen molar-refractivity contribution < 1.29 is 0 Å². The van der Waals surface area contributed by atoms with Crippen LogP contribution in [0.1, 0.15) is 25.7 Å². The number of nitrogens with zero attached hydrogens (tertiary/aromatic N) is 3. The summed E-state index contributed by atoms with van der Waals surface area (Å²) in [6.45, 7) is 5.81. The Kier molecular flexibility index (Phi) is 3.04. The maximum absolute atomic E-state index is 11.6. The lowest BCUT2D eigenvalue weighted by molar-refractivity contribution is 0.579. The first-order chi connectivity index (χ1) is 8.08. The summed E-state index contributed by atoms with van der Waals surface area (Å²) in [5, 5.41) is 0. The van der Waals surface area contributed by atoms with Crippen molar-refractivity contribution >= 4 is 0 Å². The van der Waals surface area contributed by atoms with Crippen molar-refractivity contribution in [1.82, 2.24) is 14.5 Å². The van der Waals surface area contributed by atoms with Crippen LogP contribution in [0, 0.1) is 6.92 Å². The molecule has 0 amide bonds. The van der Waals surface area contributed by atoms with Crippen molar-refractivity contribution in [3.05, 3.63) is 46.9 Å². The second-order valence-electron chi connectivity index (χ2n) is 4.28. The van der Waals surface area contributed by atoms with Gasteiger partial charge in [-0.05, 0) is 26.8 Å². The second kappa shape index (κ2) is 4.49. The molecule has 4 nitrogen and oxygen atoms in total. The molecule has 0 unspecified atom stereocenters. The molecule has 0 aliphatic carbocycles. The molecule has 0 saturated heterocycles. The third-order valence-electron chi connectivity index (χ3n) is 2.61. The van der Waals surface area contributed by atoms with E-state index >= 15 is 0 Å². The fraction of sp³-hybridized carbons (Fsp3) is 0.308. The van der Waals surface area contributed by atoms with Crippen molar-refractivity contribution in [2.45, 2.75) is 26.8 Å². The first-order valence-corrected chi connectivity index (χ1v) is 5.59. The number of hydrogen-bond donors (Lipinski definition) is 0. The van der Waals surface area contributed by atoms with Gasteiger partial charge in [0.15, 0.2) is 0 Å². The molecule has 0 bridgehead atoms. The van der Waals surface area contributed by atoms with Crippen LogP contribution < -0.4 is 5.56 Å². The average molecular weight is 229 g/mol. The third-order valence-corrected chi connectivity index (χ3v) is 2.61. The lowest BCUT2D eigenvalue weighted by Crippen LogP contribution is -2.20. The van der Waals surface area contributed by atoms with Crippen LogP contribution in [0.5, 0.6) is 0 Å². The maximum Gasteiger partial charge on any atom is 0.250 e. The SMILES string of the molecule is Cc1ncc(-c2ccc(=O)n(C(C)C)c2)cn1. The topological polar surface area (TPSA) is 47.8 Å². The van der Waals surface area contributed by atoms with Crippen molar-refractivity contribution in [2.75, 3.05) is 0 Å². The largest absolute Gasteiger partial charge is 0.312 e. The Morgan fingerprint density at radius 3 is 2.35 bits per heavy atom. The summed E-state index contributed by atoms with van der Waals surface area (Å²) in [4.78, 5) is 19.9. The van der Waals surface area contributed by atoms with Crippen LogP contribution in [0.4, 0.5) is 0 Å². The highest BCUT2D eigenvalue weighted by Gasteiger charge is 2.04. The van der Waals surface area contributed by atoms with Gasteiger partial charge in [0.25, 0.3) is 5.56 Å². The van der Waals surface area contributed by atoms with Crippen LogP contribution in [0.3, 0.4) is 0 Å². The molecule has 0 saturated carbocycles. The maximum atomic E-state index is 11.6. The van der Waals surface area contributed by atoms with Crippen molar-refractivity contribution in [3.63, 3.8) is 0 Å².